The molecule has 1 saturated carbocycles. The summed E-state index contributed by atoms with van der Waals surface area (Å²) >= 11 is 0. The summed E-state index contributed by atoms with van der Waals surface area (Å²) in [6.07, 6.45) is 2.74. The summed E-state index contributed by atoms with van der Waals surface area (Å²) in [6.45, 7) is 0.747. The molecule has 0 unspecified atom stereocenters. The lowest BCUT2D eigenvalue weighted by atomic mass is 9.94. The van der Waals surface area contributed by atoms with Crippen LogP contribution in [0.15, 0.2) is 36.4 Å². The molecule has 1 N–H and O–H groups in total. The van der Waals surface area contributed by atoms with Crippen LogP contribution in [0.5, 0.6) is 0 Å². The minimum atomic E-state index is -3.39. The topological polar surface area (TPSA) is 66.5 Å². The number of piperidine rings is 1. The van der Waals surface area contributed by atoms with Crippen LogP contribution in [0.2, 0.25) is 0 Å². The molecule has 0 spiro atoms. The smallest absolute Gasteiger partial charge is 0.226 e. The molecular formula is C22H23F3N2O3S. The lowest BCUT2D eigenvalue weighted by Gasteiger charge is -2.33. The van der Waals surface area contributed by atoms with E-state index in [0.29, 0.717) is 25.8 Å². The van der Waals surface area contributed by atoms with Crippen molar-refractivity contribution < 1.29 is 26.4 Å². The Balaban J connectivity index is 1.57. The van der Waals surface area contributed by atoms with Crippen molar-refractivity contribution >= 4 is 15.9 Å². The maximum Gasteiger partial charge on any atom is 0.226 e. The third kappa shape index (κ3) is 4.62. The fraction of sp³-hybridized carbons (Fsp3) is 0.409. The standard InChI is InChI=1S/C22H23F3N2O3S/c1-31(29,30)26-13-5-4-10-27(12-13)22(28)16-11-15(16)20-14(6-2-7-17(20)23)21-18(24)8-3-9-19(21)25/h2-3,6-9,13,15-16,26H,4-5,10-12H2,1H3/t13-,15-,16-/m0/s1. The number of halogens is 3. The summed E-state index contributed by atoms with van der Waals surface area (Å²) < 4.78 is 69.0. The number of nitrogens with zero attached hydrogens (tertiary/aromatic N) is 1. The first-order chi connectivity index (χ1) is 14.7. The number of hydrogen-bond donors (Lipinski definition) is 1. The Bertz CT molecular complexity index is 1100. The number of sulfonamides is 1. The number of amides is 1. The lowest BCUT2D eigenvalue weighted by molar-refractivity contribution is -0.133. The molecule has 2 aromatic carbocycles. The van der Waals surface area contributed by atoms with E-state index in [9.17, 15) is 26.4 Å². The minimum absolute atomic E-state index is 0.117. The molecule has 4 rings (SSSR count). The highest BCUT2D eigenvalue weighted by atomic mass is 32.2. The average Bonchev–Trinajstić information content (AvgIpc) is 3.46. The van der Waals surface area contributed by atoms with Crippen molar-refractivity contribution in [1.29, 1.82) is 0 Å². The van der Waals surface area contributed by atoms with E-state index < -0.39 is 39.3 Å². The van der Waals surface area contributed by atoms with Crippen LogP contribution in [-0.2, 0) is 14.8 Å². The first-order valence-corrected chi connectivity index (χ1v) is 12.0. The van der Waals surface area contributed by atoms with E-state index in [-0.39, 0.29) is 35.2 Å². The van der Waals surface area contributed by atoms with Crippen molar-refractivity contribution in [2.24, 2.45) is 5.92 Å². The fourth-order valence-corrected chi connectivity index (χ4v) is 5.28. The summed E-state index contributed by atoms with van der Waals surface area (Å²) in [6, 6.07) is 7.20. The molecule has 1 amide bonds. The van der Waals surface area contributed by atoms with E-state index >= 15 is 0 Å². The molecule has 1 saturated heterocycles. The van der Waals surface area contributed by atoms with E-state index in [1.807, 2.05) is 0 Å². The first-order valence-electron chi connectivity index (χ1n) is 10.1. The van der Waals surface area contributed by atoms with Crippen LogP contribution >= 0.6 is 0 Å². The van der Waals surface area contributed by atoms with Gasteiger partial charge in [0.05, 0.1) is 11.8 Å². The Morgan fingerprint density at radius 2 is 1.71 bits per heavy atom. The molecule has 0 bridgehead atoms. The highest BCUT2D eigenvalue weighted by Crippen LogP contribution is 2.52. The molecule has 0 radical (unpaired) electrons. The number of carbonyl (C=O) groups excluding carboxylic acids is 1. The minimum Gasteiger partial charge on any atom is -0.341 e. The van der Waals surface area contributed by atoms with Crippen molar-refractivity contribution in [3.8, 4) is 11.1 Å². The van der Waals surface area contributed by atoms with Gasteiger partial charge in [0.1, 0.15) is 17.5 Å². The van der Waals surface area contributed by atoms with Gasteiger partial charge in [-0.15, -0.1) is 0 Å². The number of benzene rings is 2. The van der Waals surface area contributed by atoms with E-state index in [4.69, 9.17) is 0 Å². The molecule has 166 valence electrons. The SMILES string of the molecule is CS(=O)(=O)N[C@H]1CCCN(C(=O)[C@H]2C[C@@H]2c2c(F)cccc2-c2c(F)cccc2F)C1. The predicted octanol–water partition coefficient (Wildman–Crippen LogP) is 3.41. The van der Waals surface area contributed by atoms with Crippen LogP contribution in [-0.4, -0.2) is 44.6 Å². The third-order valence-corrected chi connectivity index (χ3v) is 6.64. The van der Waals surface area contributed by atoms with Gasteiger partial charge < -0.3 is 4.90 Å². The van der Waals surface area contributed by atoms with Gasteiger partial charge in [-0.2, -0.15) is 0 Å². The van der Waals surface area contributed by atoms with E-state index in [1.165, 1.54) is 24.3 Å². The second kappa shape index (κ2) is 8.27. The summed E-state index contributed by atoms with van der Waals surface area (Å²) in [5.74, 6) is -3.35. The molecule has 0 aromatic heterocycles. The van der Waals surface area contributed by atoms with Crippen molar-refractivity contribution in [3.63, 3.8) is 0 Å². The molecule has 2 aromatic rings. The number of rotatable bonds is 5. The van der Waals surface area contributed by atoms with Crippen LogP contribution < -0.4 is 4.72 Å². The zero-order valence-corrected chi connectivity index (χ0v) is 17.8. The van der Waals surface area contributed by atoms with Gasteiger partial charge in [0.25, 0.3) is 0 Å². The van der Waals surface area contributed by atoms with Gasteiger partial charge >= 0.3 is 0 Å². The summed E-state index contributed by atoms with van der Waals surface area (Å²) in [5, 5.41) is 0. The largest absolute Gasteiger partial charge is 0.341 e. The molecule has 2 aliphatic rings. The summed E-state index contributed by atoms with van der Waals surface area (Å²) in [5.41, 5.74) is -0.0377. The van der Waals surface area contributed by atoms with Gasteiger partial charge in [-0.1, -0.05) is 18.2 Å². The normalized spacial score (nSPS) is 23.6. The highest BCUT2D eigenvalue weighted by molar-refractivity contribution is 7.88. The highest BCUT2D eigenvalue weighted by Gasteiger charge is 2.48. The first kappa shape index (κ1) is 21.8. The van der Waals surface area contributed by atoms with Crippen molar-refractivity contribution in [2.75, 3.05) is 19.3 Å². The average molecular weight is 452 g/mol. The Hall–Kier alpha value is -2.39. The van der Waals surface area contributed by atoms with Crippen molar-refractivity contribution in [1.82, 2.24) is 9.62 Å². The van der Waals surface area contributed by atoms with Crippen LogP contribution in [0.25, 0.3) is 11.1 Å². The van der Waals surface area contributed by atoms with Gasteiger partial charge in [0.15, 0.2) is 0 Å². The fourth-order valence-electron chi connectivity index (χ4n) is 4.48. The van der Waals surface area contributed by atoms with E-state index in [2.05, 4.69) is 4.72 Å². The number of carbonyl (C=O) groups is 1. The maximum atomic E-state index is 14.8. The lowest BCUT2D eigenvalue weighted by Crippen LogP contribution is -2.49. The van der Waals surface area contributed by atoms with E-state index in [0.717, 1.165) is 18.4 Å². The van der Waals surface area contributed by atoms with Gasteiger partial charge in [-0.25, -0.2) is 26.3 Å². The second-order valence-electron chi connectivity index (χ2n) is 8.26. The van der Waals surface area contributed by atoms with Crippen LogP contribution in [0, 0.1) is 23.4 Å². The van der Waals surface area contributed by atoms with Gasteiger partial charge in [0, 0.05) is 25.0 Å². The number of likely N-dealkylation sites (tertiary alicyclic amines) is 1. The predicted molar refractivity (Wildman–Crippen MR) is 110 cm³/mol. The molecule has 31 heavy (non-hydrogen) atoms. The molecule has 1 aliphatic heterocycles. The Morgan fingerprint density at radius 3 is 2.39 bits per heavy atom. The Kier molecular flexibility index (Phi) is 5.83. The zero-order chi connectivity index (χ0) is 22.3. The zero-order valence-electron chi connectivity index (χ0n) is 16.9. The molecule has 5 nitrogen and oxygen atoms in total. The molecular weight excluding hydrogens is 429 g/mol. The van der Waals surface area contributed by atoms with Gasteiger partial charge in [-0.3, -0.25) is 4.79 Å². The van der Waals surface area contributed by atoms with Crippen molar-refractivity contribution in [3.05, 3.63) is 59.4 Å². The monoisotopic (exact) mass is 452 g/mol. The van der Waals surface area contributed by atoms with Gasteiger partial charge in [0.2, 0.25) is 15.9 Å². The molecule has 3 atom stereocenters. The Morgan fingerprint density at radius 1 is 1.06 bits per heavy atom. The van der Waals surface area contributed by atoms with Crippen LogP contribution in [0.1, 0.15) is 30.7 Å². The third-order valence-electron chi connectivity index (χ3n) is 5.88. The molecule has 1 heterocycles. The second-order valence-corrected chi connectivity index (χ2v) is 10.0. The van der Waals surface area contributed by atoms with E-state index in [1.54, 1.807) is 4.90 Å². The van der Waals surface area contributed by atoms with Crippen molar-refractivity contribution in [2.45, 2.75) is 31.2 Å². The number of hydrogen-bond acceptors (Lipinski definition) is 3. The molecule has 2 fully saturated rings. The maximum absolute atomic E-state index is 14.8. The summed E-state index contributed by atoms with van der Waals surface area (Å²) in [7, 11) is -3.39. The number of nitrogens with one attached hydrogen (secondary N) is 1. The van der Waals surface area contributed by atoms with Crippen LogP contribution in [0.3, 0.4) is 0 Å². The Labute approximate surface area is 179 Å². The summed E-state index contributed by atoms with van der Waals surface area (Å²) in [4.78, 5) is 14.6. The molecule has 1 aliphatic carbocycles. The van der Waals surface area contributed by atoms with Crippen LogP contribution in [0.4, 0.5) is 13.2 Å². The molecule has 9 heteroatoms. The quantitative estimate of drug-likeness (QED) is 0.756. The van der Waals surface area contributed by atoms with Gasteiger partial charge in [-0.05, 0) is 54.5 Å².